The summed E-state index contributed by atoms with van der Waals surface area (Å²) in [6, 6.07) is 3.28. The van der Waals surface area contributed by atoms with Crippen LogP contribution in [0.3, 0.4) is 0 Å². The minimum Gasteiger partial charge on any atom is -0.495 e. The number of aliphatic hydroxyl groups is 1. The second-order valence-electron chi connectivity index (χ2n) is 4.61. The van der Waals surface area contributed by atoms with Crippen LogP contribution in [-0.4, -0.2) is 43.9 Å². The van der Waals surface area contributed by atoms with E-state index in [-0.39, 0.29) is 22.3 Å². The van der Waals surface area contributed by atoms with Gasteiger partial charge in [0, 0.05) is 6.04 Å². The summed E-state index contributed by atoms with van der Waals surface area (Å²) in [6.07, 6.45) is 0.204. The summed E-state index contributed by atoms with van der Waals surface area (Å²) in [6.45, 7) is 0. The number of sulfonamides is 1. The largest absolute Gasteiger partial charge is 0.495 e. The molecule has 8 heteroatoms. The molecular formula is C12H15NO6S. The van der Waals surface area contributed by atoms with Crippen molar-refractivity contribution < 1.29 is 28.2 Å². The molecule has 0 heterocycles. The fraction of sp³-hybridized carbons (Fsp3) is 0.417. The summed E-state index contributed by atoms with van der Waals surface area (Å²) < 4.78 is 31.8. The Hall–Kier alpha value is -1.64. The van der Waals surface area contributed by atoms with E-state index in [1.807, 2.05) is 0 Å². The molecule has 0 aliphatic heterocycles. The summed E-state index contributed by atoms with van der Waals surface area (Å²) in [4.78, 5) is 10.7. The van der Waals surface area contributed by atoms with Crippen molar-refractivity contribution in [3.05, 3.63) is 23.8 Å². The number of rotatable bonds is 5. The van der Waals surface area contributed by atoms with E-state index in [4.69, 9.17) is 14.9 Å². The molecule has 0 saturated heterocycles. The Morgan fingerprint density at radius 3 is 2.55 bits per heavy atom. The van der Waals surface area contributed by atoms with Crippen LogP contribution in [-0.2, 0) is 10.0 Å². The van der Waals surface area contributed by atoms with E-state index in [1.165, 1.54) is 19.2 Å². The number of hydrogen-bond acceptors (Lipinski definition) is 5. The minimum atomic E-state index is -3.89. The first kappa shape index (κ1) is 14.8. The molecule has 3 N–H and O–H groups in total. The lowest BCUT2D eigenvalue weighted by molar-refractivity contribution is 0.0695. The molecule has 2 rings (SSSR count). The average Bonchev–Trinajstić information content (AvgIpc) is 2.35. The molecule has 0 aromatic heterocycles. The van der Waals surface area contributed by atoms with E-state index in [2.05, 4.69) is 4.72 Å². The maximum atomic E-state index is 12.2. The summed E-state index contributed by atoms with van der Waals surface area (Å²) in [5.41, 5.74) is -0.139. The van der Waals surface area contributed by atoms with Crippen molar-refractivity contribution in [1.29, 1.82) is 0 Å². The average molecular weight is 301 g/mol. The van der Waals surface area contributed by atoms with Crippen LogP contribution in [0.25, 0.3) is 0 Å². The molecule has 7 nitrogen and oxygen atoms in total. The molecule has 1 fully saturated rings. The van der Waals surface area contributed by atoms with Crippen molar-refractivity contribution in [1.82, 2.24) is 4.72 Å². The standard InChI is InChI=1S/C12H15NO6S/c1-19-10-3-2-7(12(15)16)4-11(10)20(17,18)13-8-5-9(14)6-8/h2-4,8-9,13-14H,5-6H2,1H3,(H,15,16). The zero-order chi connectivity index (χ0) is 14.9. The fourth-order valence-corrected chi connectivity index (χ4v) is 3.44. The summed E-state index contributed by atoms with van der Waals surface area (Å²) in [5, 5.41) is 18.1. The van der Waals surface area contributed by atoms with Crippen molar-refractivity contribution in [3.63, 3.8) is 0 Å². The van der Waals surface area contributed by atoms with Crippen LogP contribution in [0.1, 0.15) is 23.2 Å². The number of carbonyl (C=O) groups is 1. The van der Waals surface area contributed by atoms with Crippen molar-refractivity contribution >= 4 is 16.0 Å². The molecular weight excluding hydrogens is 286 g/mol. The van der Waals surface area contributed by atoms with E-state index in [9.17, 15) is 13.2 Å². The van der Waals surface area contributed by atoms with Crippen molar-refractivity contribution in [2.45, 2.75) is 29.9 Å². The molecule has 110 valence electrons. The maximum absolute atomic E-state index is 12.2. The predicted molar refractivity (Wildman–Crippen MR) is 69.3 cm³/mol. The highest BCUT2D eigenvalue weighted by Gasteiger charge is 2.32. The zero-order valence-corrected chi connectivity index (χ0v) is 11.6. The molecule has 1 saturated carbocycles. The Bertz CT molecular complexity index is 621. The smallest absolute Gasteiger partial charge is 0.335 e. The molecule has 1 aromatic rings. The topological polar surface area (TPSA) is 113 Å². The normalized spacial score (nSPS) is 22.1. The van der Waals surface area contributed by atoms with Gasteiger partial charge in [-0.05, 0) is 31.0 Å². The van der Waals surface area contributed by atoms with Crippen LogP contribution in [0, 0.1) is 0 Å². The van der Waals surface area contributed by atoms with Crippen LogP contribution in [0.15, 0.2) is 23.1 Å². The lowest BCUT2D eigenvalue weighted by Gasteiger charge is -2.31. The fourth-order valence-electron chi connectivity index (χ4n) is 1.99. The van der Waals surface area contributed by atoms with Gasteiger partial charge in [-0.25, -0.2) is 17.9 Å². The van der Waals surface area contributed by atoms with Gasteiger partial charge >= 0.3 is 5.97 Å². The molecule has 1 aliphatic rings. The van der Waals surface area contributed by atoms with Crippen LogP contribution >= 0.6 is 0 Å². The Morgan fingerprint density at radius 2 is 2.05 bits per heavy atom. The van der Waals surface area contributed by atoms with Gasteiger partial charge in [0.05, 0.1) is 18.8 Å². The quantitative estimate of drug-likeness (QED) is 0.716. The number of carboxylic acids is 1. The first-order valence-electron chi connectivity index (χ1n) is 5.95. The third kappa shape index (κ3) is 2.92. The van der Waals surface area contributed by atoms with E-state index < -0.39 is 22.1 Å². The number of aliphatic hydroxyl groups excluding tert-OH is 1. The summed E-state index contributed by atoms with van der Waals surface area (Å²) in [7, 11) is -2.58. The van der Waals surface area contributed by atoms with Gasteiger partial charge in [-0.2, -0.15) is 0 Å². The Balaban J connectivity index is 2.33. The molecule has 0 spiro atoms. The van der Waals surface area contributed by atoms with E-state index >= 15 is 0 Å². The van der Waals surface area contributed by atoms with E-state index in [0.29, 0.717) is 12.8 Å². The lowest BCUT2D eigenvalue weighted by atomic mass is 9.91. The third-order valence-corrected chi connectivity index (χ3v) is 4.68. The molecule has 0 atom stereocenters. The van der Waals surface area contributed by atoms with Gasteiger partial charge in [-0.15, -0.1) is 0 Å². The summed E-state index contributed by atoms with van der Waals surface area (Å²) in [5.74, 6) is -1.15. The van der Waals surface area contributed by atoms with Crippen molar-refractivity contribution in [3.8, 4) is 5.75 Å². The first-order valence-corrected chi connectivity index (χ1v) is 7.43. The Morgan fingerprint density at radius 1 is 1.40 bits per heavy atom. The van der Waals surface area contributed by atoms with Gasteiger partial charge < -0.3 is 14.9 Å². The monoisotopic (exact) mass is 301 g/mol. The van der Waals surface area contributed by atoms with Gasteiger partial charge in [-0.3, -0.25) is 0 Å². The number of benzene rings is 1. The number of ether oxygens (including phenoxy) is 1. The van der Waals surface area contributed by atoms with Gasteiger partial charge in [0.15, 0.2) is 0 Å². The van der Waals surface area contributed by atoms with Gasteiger partial charge in [0.25, 0.3) is 0 Å². The summed E-state index contributed by atoms with van der Waals surface area (Å²) >= 11 is 0. The first-order chi connectivity index (χ1) is 9.33. The highest BCUT2D eigenvalue weighted by Crippen LogP contribution is 2.27. The van der Waals surface area contributed by atoms with Crippen molar-refractivity contribution in [2.24, 2.45) is 0 Å². The zero-order valence-electron chi connectivity index (χ0n) is 10.7. The number of aromatic carboxylic acids is 1. The number of hydrogen-bond donors (Lipinski definition) is 3. The lowest BCUT2D eigenvalue weighted by Crippen LogP contribution is -2.46. The molecule has 1 aromatic carbocycles. The maximum Gasteiger partial charge on any atom is 0.335 e. The SMILES string of the molecule is COc1ccc(C(=O)O)cc1S(=O)(=O)NC1CC(O)C1. The molecule has 20 heavy (non-hydrogen) atoms. The third-order valence-electron chi connectivity index (χ3n) is 3.14. The predicted octanol–water partition coefficient (Wildman–Crippen LogP) is 0.195. The number of methoxy groups -OCH3 is 1. The van der Waals surface area contributed by atoms with Gasteiger partial charge in [0.2, 0.25) is 10.0 Å². The number of nitrogens with one attached hydrogen (secondary N) is 1. The molecule has 0 unspecified atom stereocenters. The highest BCUT2D eigenvalue weighted by molar-refractivity contribution is 7.89. The van der Waals surface area contributed by atoms with Gasteiger partial charge in [0.1, 0.15) is 10.6 Å². The Labute approximate surface area is 116 Å². The molecule has 0 radical (unpaired) electrons. The van der Waals surface area contributed by atoms with Crippen LogP contribution in [0.5, 0.6) is 5.75 Å². The molecule has 0 amide bonds. The van der Waals surface area contributed by atoms with E-state index in [1.54, 1.807) is 0 Å². The Kier molecular flexibility index (Phi) is 3.98. The van der Waals surface area contributed by atoms with Crippen molar-refractivity contribution in [2.75, 3.05) is 7.11 Å². The molecule has 0 bridgehead atoms. The molecule has 1 aliphatic carbocycles. The highest BCUT2D eigenvalue weighted by atomic mass is 32.2. The minimum absolute atomic E-state index is 0.0716. The second kappa shape index (κ2) is 5.39. The van der Waals surface area contributed by atoms with Crippen LogP contribution < -0.4 is 9.46 Å². The van der Waals surface area contributed by atoms with Crippen LogP contribution in [0.2, 0.25) is 0 Å². The van der Waals surface area contributed by atoms with Crippen LogP contribution in [0.4, 0.5) is 0 Å². The second-order valence-corrected chi connectivity index (χ2v) is 6.30. The number of carboxylic acid groups (broad SMARTS) is 1. The van der Waals surface area contributed by atoms with Gasteiger partial charge in [-0.1, -0.05) is 0 Å². The van der Waals surface area contributed by atoms with E-state index in [0.717, 1.165) is 6.07 Å².